The lowest BCUT2D eigenvalue weighted by molar-refractivity contribution is 0.103. The van der Waals surface area contributed by atoms with Crippen molar-refractivity contribution < 1.29 is 38.0 Å². The third-order valence-electron chi connectivity index (χ3n) is 8.53. The number of rotatable bonds is 23. The number of carbonyl (C=O) groups excluding carboxylic acids is 2. The fourth-order valence-corrected chi connectivity index (χ4v) is 5.52. The molecule has 4 aromatic rings. The molecule has 8 heteroatoms. The maximum Gasteiger partial charge on any atom is 0.189 e. The number of unbranched alkanes of at least 4 members (excludes halogenated alkanes) is 7. The zero-order valence-corrected chi connectivity index (χ0v) is 30.7. The summed E-state index contributed by atoms with van der Waals surface area (Å²) in [5, 5.41) is 0. The van der Waals surface area contributed by atoms with Crippen molar-refractivity contribution in [2.24, 2.45) is 0 Å². The number of methoxy groups -OCH3 is 4. The van der Waals surface area contributed by atoms with Crippen molar-refractivity contribution in [3.8, 4) is 34.5 Å². The summed E-state index contributed by atoms with van der Waals surface area (Å²) in [6.07, 6.45) is 15.9. The van der Waals surface area contributed by atoms with Gasteiger partial charge in [0.2, 0.25) is 0 Å². The first-order chi connectivity index (χ1) is 25.4. The van der Waals surface area contributed by atoms with Gasteiger partial charge in [0.1, 0.15) is 23.0 Å². The van der Waals surface area contributed by atoms with Crippen molar-refractivity contribution in [1.82, 2.24) is 0 Å². The second kappa shape index (κ2) is 21.7. The lowest BCUT2D eigenvalue weighted by Crippen LogP contribution is -1.99. The lowest BCUT2D eigenvalue weighted by atomic mass is 10.1. The Morgan fingerprint density at radius 3 is 1.44 bits per heavy atom. The fraction of sp³-hybridized carbons (Fsp3) is 0.318. The van der Waals surface area contributed by atoms with E-state index in [1.165, 1.54) is 32.8 Å². The summed E-state index contributed by atoms with van der Waals surface area (Å²) in [7, 11) is 6.23. The number of allylic oxidation sites excluding steroid dienone is 2. The van der Waals surface area contributed by atoms with E-state index in [-0.39, 0.29) is 11.6 Å². The van der Waals surface area contributed by atoms with E-state index in [1.807, 2.05) is 48.5 Å². The molecular formula is C44H50O8. The molecule has 0 bridgehead atoms. The monoisotopic (exact) mass is 706 g/mol. The fourth-order valence-electron chi connectivity index (χ4n) is 5.52. The molecule has 0 N–H and O–H groups in total. The Labute approximate surface area is 308 Å². The summed E-state index contributed by atoms with van der Waals surface area (Å²) >= 11 is 0. The molecule has 0 spiro atoms. The topological polar surface area (TPSA) is 89.5 Å². The summed E-state index contributed by atoms with van der Waals surface area (Å²) < 4.78 is 32.9. The van der Waals surface area contributed by atoms with E-state index in [2.05, 4.69) is 0 Å². The van der Waals surface area contributed by atoms with Gasteiger partial charge in [-0.15, -0.1) is 0 Å². The van der Waals surface area contributed by atoms with Gasteiger partial charge in [-0.25, -0.2) is 0 Å². The van der Waals surface area contributed by atoms with E-state index in [0.717, 1.165) is 48.3 Å². The van der Waals surface area contributed by atoms with Gasteiger partial charge in [-0.05, 0) is 90.7 Å². The number of benzene rings is 4. The van der Waals surface area contributed by atoms with Gasteiger partial charge in [0.25, 0.3) is 0 Å². The molecule has 0 fully saturated rings. The van der Waals surface area contributed by atoms with Gasteiger partial charge in [-0.3, -0.25) is 9.59 Å². The van der Waals surface area contributed by atoms with Crippen LogP contribution < -0.4 is 28.4 Å². The van der Waals surface area contributed by atoms with Crippen molar-refractivity contribution in [1.29, 1.82) is 0 Å². The molecule has 0 aliphatic rings. The smallest absolute Gasteiger partial charge is 0.189 e. The molecule has 0 amide bonds. The minimum Gasteiger partial charge on any atom is -0.497 e. The van der Waals surface area contributed by atoms with Crippen molar-refractivity contribution in [2.45, 2.75) is 51.4 Å². The molecule has 0 saturated carbocycles. The number of carbonyl (C=O) groups is 2. The number of hydrogen-bond acceptors (Lipinski definition) is 8. The Hall–Kier alpha value is -5.50. The van der Waals surface area contributed by atoms with E-state index in [0.29, 0.717) is 47.3 Å². The first-order valence-electron chi connectivity index (χ1n) is 17.8. The average Bonchev–Trinajstić information content (AvgIpc) is 3.19. The van der Waals surface area contributed by atoms with E-state index in [1.54, 1.807) is 82.0 Å². The Kier molecular flexibility index (Phi) is 16.4. The zero-order valence-electron chi connectivity index (χ0n) is 30.7. The van der Waals surface area contributed by atoms with Crippen molar-refractivity contribution in [3.63, 3.8) is 0 Å². The number of ether oxygens (including phenoxy) is 6. The van der Waals surface area contributed by atoms with E-state index in [4.69, 9.17) is 28.4 Å². The Morgan fingerprint density at radius 2 is 0.942 bits per heavy atom. The van der Waals surface area contributed by atoms with Gasteiger partial charge in [0.05, 0.1) is 47.2 Å². The Morgan fingerprint density at radius 1 is 0.462 bits per heavy atom. The van der Waals surface area contributed by atoms with Crippen LogP contribution in [0.3, 0.4) is 0 Å². The SMILES string of the molecule is COc1ccc(C(=O)/C=C\c2ccc(OCCCCCCCCCCOc3ccc(/C=C\C(=O)c4ccc(OC)c(OC)c4)cc3)cc2)c(OC)c1. The first kappa shape index (κ1) is 39.3. The predicted octanol–water partition coefficient (Wildman–Crippen LogP) is 10.1. The van der Waals surface area contributed by atoms with Gasteiger partial charge in [0.15, 0.2) is 23.1 Å². The average molecular weight is 707 g/mol. The van der Waals surface area contributed by atoms with E-state index in [9.17, 15) is 9.59 Å². The summed E-state index contributed by atoms with van der Waals surface area (Å²) in [5.41, 5.74) is 2.86. The summed E-state index contributed by atoms with van der Waals surface area (Å²) in [6, 6.07) is 25.8. The normalized spacial score (nSPS) is 11.1. The second-order valence-electron chi connectivity index (χ2n) is 12.2. The molecule has 0 atom stereocenters. The van der Waals surface area contributed by atoms with Crippen LogP contribution in [0.4, 0.5) is 0 Å². The zero-order chi connectivity index (χ0) is 37.0. The maximum absolute atomic E-state index is 12.7. The van der Waals surface area contributed by atoms with Gasteiger partial charge in [-0.2, -0.15) is 0 Å². The molecule has 0 radical (unpaired) electrons. The Balaban J connectivity index is 1.01. The molecule has 0 aromatic heterocycles. The molecule has 0 aliphatic carbocycles. The molecule has 52 heavy (non-hydrogen) atoms. The molecule has 4 aromatic carbocycles. The van der Waals surface area contributed by atoms with Crippen LogP contribution in [0.1, 0.15) is 83.2 Å². The van der Waals surface area contributed by atoms with E-state index >= 15 is 0 Å². The van der Waals surface area contributed by atoms with Gasteiger partial charge in [-0.1, -0.05) is 74.9 Å². The van der Waals surface area contributed by atoms with Crippen LogP contribution in [-0.4, -0.2) is 53.2 Å². The Bertz CT molecular complexity index is 1760. The quantitative estimate of drug-likeness (QED) is 0.0428. The molecule has 0 aliphatic heterocycles. The molecule has 4 rings (SSSR count). The van der Waals surface area contributed by atoms with Crippen molar-refractivity contribution in [2.75, 3.05) is 41.7 Å². The van der Waals surface area contributed by atoms with Crippen molar-refractivity contribution >= 4 is 23.7 Å². The van der Waals surface area contributed by atoms with Crippen LogP contribution in [0.2, 0.25) is 0 Å². The standard InChI is InChI=1S/C44H50O8/c1-47-38-24-25-39(43(32-38)49-3)41(46)27-18-34-15-22-37(23-16-34)52-30-12-10-8-6-5-7-9-11-29-51-36-20-13-33(14-21-36)17-26-40(45)35-19-28-42(48-2)44(31-35)50-4/h13-28,31-32H,5-12,29-30H2,1-4H3/b26-17-,27-18-. The molecule has 274 valence electrons. The van der Waals surface area contributed by atoms with Crippen LogP contribution >= 0.6 is 0 Å². The highest BCUT2D eigenvalue weighted by atomic mass is 16.5. The number of ketones is 2. The van der Waals surface area contributed by atoms with Crippen molar-refractivity contribution in [3.05, 3.63) is 119 Å². The van der Waals surface area contributed by atoms with Crippen LogP contribution in [-0.2, 0) is 0 Å². The number of hydrogen-bond donors (Lipinski definition) is 0. The van der Waals surface area contributed by atoms with Crippen LogP contribution in [0.5, 0.6) is 34.5 Å². The van der Waals surface area contributed by atoms with E-state index < -0.39 is 0 Å². The van der Waals surface area contributed by atoms with Crippen LogP contribution in [0.15, 0.2) is 97.1 Å². The predicted molar refractivity (Wildman–Crippen MR) is 207 cm³/mol. The summed E-state index contributed by atoms with van der Waals surface area (Å²) in [5.74, 6) is 3.64. The third kappa shape index (κ3) is 12.7. The minimum absolute atomic E-state index is 0.108. The highest BCUT2D eigenvalue weighted by Gasteiger charge is 2.11. The van der Waals surface area contributed by atoms with Gasteiger partial charge >= 0.3 is 0 Å². The maximum atomic E-state index is 12.7. The second-order valence-corrected chi connectivity index (χ2v) is 12.2. The molecule has 0 heterocycles. The summed E-state index contributed by atoms with van der Waals surface area (Å²) in [4.78, 5) is 25.3. The molecular weight excluding hydrogens is 656 g/mol. The molecule has 0 unspecified atom stereocenters. The highest BCUT2D eigenvalue weighted by molar-refractivity contribution is 6.09. The first-order valence-corrected chi connectivity index (χ1v) is 17.8. The highest BCUT2D eigenvalue weighted by Crippen LogP contribution is 2.28. The van der Waals surface area contributed by atoms with Crippen LogP contribution in [0.25, 0.3) is 12.2 Å². The largest absolute Gasteiger partial charge is 0.497 e. The molecule has 8 nitrogen and oxygen atoms in total. The molecule has 0 saturated heterocycles. The lowest BCUT2D eigenvalue weighted by Gasteiger charge is -2.08. The van der Waals surface area contributed by atoms with Gasteiger partial charge in [0, 0.05) is 11.6 Å². The minimum atomic E-state index is -0.137. The third-order valence-corrected chi connectivity index (χ3v) is 8.53. The summed E-state index contributed by atoms with van der Waals surface area (Å²) in [6.45, 7) is 1.38. The van der Waals surface area contributed by atoms with Gasteiger partial charge < -0.3 is 28.4 Å². The van der Waals surface area contributed by atoms with Crippen LogP contribution in [0, 0.1) is 0 Å².